The summed E-state index contributed by atoms with van der Waals surface area (Å²) in [5.41, 5.74) is 0.941. The molecule has 1 amide bonds. The summed E-state index contributed by atoms with van der Waals surface area (Å²) in [6.45, 7) is 0.402. The summed E-state index contributed by atoms with van der Waals surface area (Å²) < 4.78 is 26.9. The van der Waals surface area contributed by atoms with E-state index in [2.05, 4.69) is 0 Å². The Morgan fingerprint density at radius 2 is 1.83 bits per heavy atom. The quantitative estimate of drug-likeness (QED) is 0.722. The van der Waals surface area contributed by atoms with Crippen LogP contribution >= 0.6 is 23.2 Å². The number of benzene rings is 2. The van der Waals surface area contributed by atoms with Crippen molar-refractivity contribution in [2.45, 2.75) is 19.3 Å². The van der Waals surface area contributed by atoms with Crippen LogP contribution in [0, 0.1) is 17.6 Å². The summed E-state index contributed by atoms with van der Waals surface area (Å²) in [5.74, 6) is -1.16. The molecular weight excluding hydrogens is 355 g/mol. The van der Waals surface area contributed by atoms with Gasteiger partial charge in [0.25, 0.3) is 0 Å². The van der Waals surface area contributed by atoms with Crippen molar-refractivity contribution < 1.29 is 13.6 Å². The Morgan fingerprint density at radius 1 is 1.12 bits per heavy atom. The molecule has 1 saturated heterocycles. The molecule has 1 heterocycles. The predicted octanol–water partition coefficient (Wildman–Crippen LogP) is 5.26. The minimum atomic E-state index is -0.598. The zero-order chi connectivity index (χ0) is 17.3. The van der Waals surface area contributed by atoms with Crippen molar-refractivity contribution in [2.24, 2.45) is 5.92 Å². The van der Waals surface area contributed by atoms with Crippen LogP contribution in [-0.4, -0.2) is 12.5 Å². The van der Waals surface area contributed by atoms with E-state index in [0.29, 0.717) is 47.1 Å². The first kappa shape index (κ1) is 17.2. The van der Waals surface area contributed by atoms with Crippen molar-refractivity contribution in [3.05, 3.63) is 63.6 Å². The molecule has 0 spiro atoms. The van der Waals surface area contributed by atoms with Crippen molar-refractivity contribution in [2.75, 3.05) is 11.4 Å². The SMILES string of the molecule is O=C1CCC(Cc2ccc(F)cc2F)CN1c1c(Cl)cccc1Cl. The average molecular weight is 370 g/mol. The van der Waals surface area contributed by atoms with Crippen molar-refractivity contribution in [1.82, 2.24) is 0 Å². The number of anilines is 1. The molecule has 1 fully saturated rings. The highest BCUT2D eigenvalue weighted by Gasteiger charge is 2.29. The van der Waals surface area contributed by atoms with Crippen LogP contribution in [0.25, 0.3) is 0 Å². The van der Waals surface area contributed by atoms with Gasteiger partial charge in [0, 0.05) is 19.0 Å². The Bertz CT molecular complexity index is 761. The molecule has 0 N–H and O–H groups in total. The topological polar surface area (TPSA) is 20.3 Å². The summed E-state index contributed by atoms with van der Waals surface area (Å²) in [4.78, 5) is 13.9. The van der Waals surface area contributed by atoms with E-state index in [0.717, 1.165) is 6.07 Å². The van der Waals surface area contributed by atoms with Gasteiger partial charge in [0.1, 0.15) is 11.6 Å². The first-order valence-electron chi connectivity index (χ1n) is 7.64. The third-order valence-electron chi connectivity index (χ3n) is 4.24. The lowest BCUT2D eigenvalue weighted by Gasteiger charge is -2.33. The number of hydrogen-bond acceptors (Lipinski definition) is 1. The standard InChI is InChI=1S/C18H15Cl2F2NO/c19-14-2-1-3-15(20)18(14)23-10-11(4-7-17(23)24)8-12-5-6-13(21)9-16(12)22/h1-3,5-6,9,11H,4,7-8,10H2. The van der Waals surface area contributed by atoms with E-state index in [1.807, 2.05) is 0 Å². The summed E-state index contributed by atoms with van der Waals surface area (Å²) in [5, 5.41) is 0.814. The lowest BCUT2D eigenvalue weighted by atomic mass is 9.90. The van der Waals surface area contributed by atoms with Gasteiger partial charge < -0.3 is 4.90 Å². The minimum absolute atomic E-state index is 0.0509. The van der Waals surface area contributed by atoms with Gasteiger partial charge in [-0.1, -0.05) is 35.3 Å². The van der Waals surface area contributed by atoms with Crippen molar-refractivity contribution in [3.63, 3.8) is 0 Å². The molecule has 24 heavy (non-hydrogen) atoms. The van der Waals surface area contributed by atoms with Crippen LogP contribution < -0.4 is 4.90 Å². The molecule has 0 radical (unpaired) electrons. The second-order valence-electron chi connectivity index (χ2n) is 5.92. The van der Waals surface area contributed by atoms with Crippen LogP contribution in [0.15, 0.2) is 36.4 Å². The second-order valence-corrected chi connectivity index (χ2v) is 6.73. The predicted molar refractivity (Wildman–Crippen MR) is 91.6 cm³/mol. The highest BCUT2D eigenvalue weighted by atomic mass is 35.5. The zero-order valence-electron chi connectivity index (χ0n) is 12.7. The molecule has 2 nitrogen and oxygen atoms in total. The van der Waals surface area contributed by atoms with E-state index >= 15 is 0 Å². The van der Waals surface area contributed by atoms with Crippen molar-refractivity contribution >= 4 is 34.8 Å². The number of para-hydroxylation sites is 1. The van der Waals surface area contributed by atoms with E-state index in [9.17, 15) is 13.6 Å². The molecule has 2 aromatic rings. The number of piperidine rings is 1. The fraction of sp³-hybridized carbons (Fsp3) is 0.278. The van der Waals surface area contributed by atoms with E-state index in [-0.39, 0.29) is 11.8 Å². The smallest absolute Gasteiger partial charge is 0.227 e. The molecule has 3 rings (SSSR count). The molecule has 126 valence electrons. The first-order valence-corrected chi connectivity index (χ1v) is 8.39. The molecule has 0 bridgehead atoms. The first-order chi connectivity index (χ1) is 11.5. The van der Waals surface area contributed by atoms with Gasteiger partial charge >= 0.3 is 0 Å². The summed E-state index contributed by atoms with van der Waals surface area (Å²) in [6.07, 6.45) is 1.42. The van der Waals surface area contributed by atoms with Gasteiger partial charge in [-0.3, -0.25) is 4.79 Å². The van der Waals surface area contributed by atoms with Gasteiger partial charge in [0.05, 0.1) is 15.7 Å². The fourth-order valence-electron chi connectivity index (χ4n) is 3.04. The van der Waals surface area contributed by atoms with E-state index in [1.165, 1.54) is 12.1 Å². The molecular formula is C18H15Cl2F2NO. The number of carbonyl (C=O) groups is 1. The van der Waals surface area contributed by atoms with E-state index in [4.69, 9.17) is 23.2 Å². The number of nitrogens with zero attached hydrogens (tertiary/aromatic N) is 1. The van der Waals surface area contributed by atoms with Gasteiger partial charge in [0.15, 0.2) is 0 Å². The summed E-state index contributed by atoms with van der Waals surface area (Å²) in [6, 6.07) is 8.65. The normalized spacial score (nSPS) is 18.1. The molecule has 0 saturated carbocycles. The second kappa shape index (κ2) is 7.08. The molecule has 1 atom stereocenters. The fourth-order valence-corrected chi connectivity index (χ4v) is 3.64. The van der Waals surface area contributed by atoms with Crippen LogP contribution in [0.5, 0.6) is 0 Å². The van der Waals surface area contributed by atoms with Crippen LogP contribution in [0.4, 0.5) is 14.5 Å². The molecule has 1 aliphatic rings. The van der Waals surface area contributed by atoms with E-state index < -0.39 is 11.6 Å². The van der Waals surface area contributed by atoms with Gasteiger partial charge in [-0.15, -0.1) is 0 Å². The lowest BCUT2D eigenvalue weighted by Crippen LogP contribution is -2.41. The molecule has 1 unspecified atom stereocenters. The summed E-state index contributed by atoms with van der Waals surface area (Å²) in [7, 11) is 0. The number of rotatable bonds is 3. The Hall–Kier alpha value is -1.65. The molecule has 1 aliphatic heterocycles. The average Bonchev–Trinajstić information content (AvgIpc) is 2.53. The number of halogens is 4. The van der Waals surface area contributed by atoms with Crippen molar-refractivity contribution in [1.29, 1.82) is 0 Å². The van der Waals surface area contributed by atoms with Gasteiger partial charge in [-0.25, -0.2) is 8.78 Å². The lowest BCUT2D eigenvalue weighted by molar-refractivity contribution is -0.120. The largest absolute Gasteiger partial charge is 0.309 e. The number of carbonyl (C=O) groups excluding carboxylic acids is 1. The number of amides is 1. The van der Waals surface area contributed by atoms with Crippen molar-refractivity contribution in [3.8, 4) is 0 Å². The van der Waals surface area contributed by atoms with Crippen LogP contribution in [0.3, 0.4) is 0 Å². The summed E-state index contributed by atoms with van der Waals surface area (Å²) >= 11 is 12.4. The highest BCUT2D eigenvalue weighted by molar-refractivity contribution is 6.39. The van der Waals surface area contributed by atoms with Crippen LogP contribution in [0.1, 0.15) is 18.4 Å². The zero-order valence-corrected chi connectivity index (χ0v) is 14.2. The maximum atomic E-state index is 13.9. The van der Waals surface area contributed by atoms with Gasteiger partial charge in [-0.05, 0) is 42.5 Å². The molecule has 0 aliphatic carbocycles. The molecule has 6 heteroatoms. The van der Waals surface area contributed by atoms with Crippen LogP contribution in [0.2, 0.25) is 10.0 Å². The third-order valence-corrected chi connectivity index (χ3v) is 4.85. The Morgan fingerprint density at radius 3 is 2.50 bits per heavy atom. The van der Waals surface area contributed by atoms with Gasteiger partial charge in [-0.2, -0.15) is 0 Å². The Kier molecular flexibility index (Phi) is 5.07. The molecule has 0 aromatic heterocycles. The maximum absolute atomic E-state index is 13.9. The van der Waals surface area contributed by atoms with Crippen LogP contribution in [-0.2, 0) is 11.2 Å². The Labute approximate surface area is 149 Å². The maximum Gasteiger partial charge on any atom is 0.227 e. The third kappa shape index (κ3) is 3.55. The number of hydrogen-bond donors (Lipinski definition) is 0. The highest BCUT2D eigenvalue weighted by Crippen LogP contribution is 2.37. The Balaban J connectivity index is 1.82. The van der Waals surface area contributed by atoms with Gasteiger partial charge in [0.2, 0.25) is 5.91 Å². The minimum Gasteiger partial charge on any atom is -0.309 e. The monoisotopic (exact) mass is 369 g/mol. The molecule has 2 aromatic carbocycles. The van der Waals surface area contributed by atoms with E-state index in [1.54, 1.807) is 23.1 Å².